The zero-order valence-electron chi connectivity index (χ0n) is 19.7. The van der Waals surface area contributed by atoms with Gasteiger partial charge in [-0.2, -0.15) is 0 Å². The second-order valence-electron chi connectivity index (χ2n) is 8.75. The van der Waals surface area contributed by atoms with Crippen LogP contribution in [-0.4, -0.2) is 80.2 Å². The lowest BCUT2D eigenvalue weighted by atomic mass is 10.1. The monoisotopic (exact) mass is 526 g/mol. The third-order valence-electron chi connectivity index (χ3n) is 6.49. The van der Waals surface area contributed by atoms with Crippen LogP contribution < -0.4 is 4.74 Å². The van der Waals surface area contributed by atoms with Gasteiger partial charge in [-0.3, -0.25) is 58.0 Å². The van der Waals surface area contributed by atoms with Crippen LogP contribution in [-0.2, 0) is 19.2 Å². The van der Waals surface area contributed by atoms with E-state index in [4.69, 9.17) is 4.74 Å². The number of amides is 8. The summed E-state index contributed by atoms with van der Waals surface area (Å²) in [7, 11) is 0. The zero-order valence-corrected chi connectivity index (χ0v) is 19.7. The summed E-state index contributed by atoms with van der Waals surface area (Å²) in [5.74, 6) is -5.09. The Morgan fingerprint density at radius 1 is 0.436 bits per heavy atom. The molecule has 8 amide bonds. The molecule has 39 heavy (non-hydrogen) atoms. The van der Waals surface area contributed by atoms with E-state index in [2.05, 4.69) is 0 Å². The molecular weight excluding hydrogens is 512 g/mol. The first-order valence-electron chi connectivity index (χ1n) is 11.4. The molecule has 192 valence electrons. The lowest BCUT2D eigenvalue weighted by Crippen LogP contribution is -2.43. The Morgan fingerprint density at radius 3 is 1.13 bits per heavy atom. The largest absolute Gasteiger partial charge is 0.457 e. The van der Waals surface area contributed by atoms with Gasteiger partial charge in [0.15, 0.2) is 0 Å². The number of nitrogens with zero attached hydrogens (tertiary/aromatic N) is 4. The van der Waals surface area contributed by atoms with Crippen LogP contribution in [0, 0.1) is 0 Å². The highest BCUT2D eigenvalue weighted by Gasteiger charge is 2.40. The first-order valence-corrected chi connectivity index (χ1v) is 11.4. The zero-order chi connectivity index (χ0) is 27.6. The molecule has 4 aliphatic rings. The number of carbonyl (C=O) groups is 8. The molecule has 0 saturated carbocycles. The van der Waals surface area contributed by atoms with Gasteiger partial charge in [-0.15, -0.1) is 0 Å². The second-order valence-corrected chi connectivity index (χ2v) is 8.75. The lowest BCUT2D eigenvalue weighted by molar-refractivity contribution is -0.139. The van der Waals surface area contributed by atoms with Crippen LogP contribution in [0.2, 0.25) is 0 Å². The molecule has 4 aliphatic heterocycles. The van der Waals surface area contributed by atoms with E-state index in [0.29, 0.717) is 0 Å². The van der Waals surface area contributed by atoms with E-state index >= 15 is 0 Å². The van der Waals surface area contributed by atoms with Crippen LogP contribution in [0.5, 0.6) is 11.5 Å². The molecule has 13 heteroatoms. The van der Waals surface area contributed by atoms with Crippen LogP contribution in [0.25, 0.3) is 0 Å². The van der Waals surface area contributed by atoms with Gasteiger partial charge in [0.25, 0.3) is 47.3 Å². The van der Waals surface area contributed by atoms with Gasteiger partial charge in [0.05, 0.1) is 22.3 Å². The van der Waals surface area contributed by atoms with E-state index in [0.717, 1.165) is 43.9 Å². The van der Waals surface area contributed by atoms with Crippen molar-refractivity contribution in [1.29, 1.82) is 0 Å². The predicted molar refractivity (Wildman–Crippen MR) is 126 cm³/mol. The highest BCUT2D eigenvalue weighted by atomic mass is 16.5. The molecule has 2 aromatic carbocycles. The fourth-order valence-electron chi connectivity index (χ4n) is 4.48. The van der Waals surface area contributed by atoms with E-state index in [1.54, 1.807) is 0 Å². The van der Waals surface area contributed by atoms with E-state index in [1.807, 2.05) is 0 Å². The van der Waals surface area contributed by atoms with Crippen molar-refractivity contribution in [2.75, 3.05) is 13.3 Å². The van der Waals surface area contributed by atoms with Crippen molar-refractivity contribution in [3.05, 3.63) is 83.0 Å². The van der Waals surface area contributed by atoms with Crippen molar-refractivity contribution in [3.63, 3.8) is 0 Å². The van der Waals surface area contributed by atoms with E-state index < -0.39 is 60.6 Å². The summed E-state index contributed by atoms with van der Waals surface area (Å²) < 4.78 is 5.78. The van der Waals surface area contributed by atoms with Crippen LogP contribution in [0.15, 0.2) is 60.7 Å². The van der Waals surface area contributed by atoms with Gasteiger partial charge in [-0.05, 0) is 36.4 Å². The van der Waals surface area contributed by atoms with Gasteiger partial charge in [-0.25, -0.2) is 0 Å². The standard InChI is InChI=1S/C26H14N4O9/c31-19-5-6-20(32)27(19)11-29-23(35)15-3-1-13(9-17(15)25(29)37)39-14-2-4-16-18(10-14)26(38)30(24(16)36)12-28-21(33)7-8-22(28)34/h1-10H,11-12H2. The minimum absolute atomic E-state index is 0.00306. The van der Waals surface area contributed by atoms with Crippen LogP contribution >= 0.6 is 0 Å². The summed E-state index contributed by atoms with van der Waals surface area (Å²) in [5.41, 5.74) is 0.115. The molecule has 2 aromatic rings. The summed E-state index contributed by atoms with van der Waals surface area (Å²) in [6.07, 6.45) is 4.18. The number of imide groups is 4. The van der Waals surface area contributed by atoms with E-state index in [-0.39, 0.29) is 33.8 Å². The van der Waals surface area contributed by atoms with Gasteiger partial charge in [0, 0.05) is 24.3 Å². The van der Waals surface area contributed by atoms with Crippen molar-refractivity contribution in [2.24, 2.45) is 0 Å². The van der Waals surface area contributed by atoms with Gasteiger partial charge >= 0.3 is 0 Å². The van der Waals surface area contributed by atoms with Gasteiger partial charge in [0.2, 0.25) is 0 Å². The van der Waals surface area contributed by atoms with Gasteiger partial charge in [-0.1, -0.05) is 0 Å². The maximum absolute atomic E-state index is 12.9. The third kappa shape index (κ3) is 3.63. The Hall–Kier alpha value is -5.72. The molecule has 4 heterocycles. The fourth-order valence-corrected chi connectivity index (χ4v) is 4.48. The average molecular weight is 526 g/mol. The van der Waals surface area contributed by atoms with Crippen molar-refractivity contribution >= 4 is 47.3 Å². The van der Waals surface area contributed by atoms with Crippen molar-refractivity contribution in [3.8, 4) is 11.5 Å². The maximum atomic E-state index is 12.9. The predicted octanol–water partition coefficient (Wildman–Crippen LogP) is 0.436. The molecule has 13 nitrogen and oxygen atoms in total. The molecule has 0 unspecified atom stereocenters. The molecular formula is C26H14N4O9. The minimum atomic E-state index is -0.723. The smallest absolute Gasteiger partial charge is 0.263 e. The molecule has 0 bridgehead atoms. The number of hydrogen-bond donors (Lipinski definition) is 0. The Labute approximate surface area is 218 Å². The molecule has 0 radical (unpaired) electrons. The summed E-state index contributed by atoms with van der Waals surface area (Å²) >= 11 is 0. The molecule has 0 aliphatic carbocycles. The summed E-state index contributed by atoms with van der Waals surface area (Å²) in [6.45, 7) is -1.06. The van der Waals surface area contributed by atoms with E-state index in [1.165, 1.54) is 36.4 Å². The summed E-state index contributed by atoms with van der Waals surface area (Å²) in [4.78, 5) is 102. The molecule has 0 aromatic heterocycles. The van der Waals surface area contributed by atoms with E-state index in [9.17, 15) is 38.4 Å². The number of benzene rings is 2. The SMILES string of the molecule is O=C1C=CC(=O)N1CN1C(=O)c2ccc(Oc3ccc4c(c3)C(=O)N(CN3C(=O)C=CC3=O)C4=O)cc2C1=O. The Balaban J connectivity index is 1.20. The lowest BCUT2D eigenvalue weighted by Gasteiger charge is -2.20. The number of carbonyl (C=O) groups excluding carboxylic acids is 8. The van der Waals surface area contributed by atoms with Crippen LogP contribution in [0.4, 0.5) is 0 Å². The molecule has 0 saturated heterocycles. The second kappa shape index (κ2) is 8.41. The number of fused-ring (bicyclic) bond motifs is 2. The third-order valence-corrected chi connectivity index (χ3v) is 6.49. The molecule has 0 N–H and O–H groups in total. The molecule has 0 spiro atoms. The summed E-state index contributed by atoms with van der Waals surface area (Å²) in [5, 5.41) is 0. The van der Waals surface area contributed by atoms with Gasteiger partial charge in [0.1, 0.15) is 24.8 Å². The summed E-state index contributed by atoms with van der Waals surface area (Å²) in [6, 6.07) is 8.19. The van der Waals surface area contributed by atoms with Gasteiger partial charge < -0.3 is 4.74 Å². The first-order chi connectivity index (χ1) is 18.6. The molecule has 6 rings (SSSR count). The van der Waals surface area contributed by atoms with Crippen molar-refractivity contribution in [1.82, 2.24) is 19.6 Å². The number of hydrogen-bond acceptors (Lipinski definition) is 9. The maximum Gasteiger partial charge on any atom is 0.263 e. The first kappa shape index (κ1) is 23.7. The minimum Gasteiger partial charge on any atom is -0.457 e. The number of rotatable bonds is 6. The number of ether oxygens (including phenoxy) is 1. The molecule has 0 atom stereocenters. The normalized spacial score (nSPS) is 17.9. The topological polar surface area (TPSA) is 159 Å². The van der Waals surface area contributed by atoms with Crippen molar-refractivity contribution < 1.29 is 43.1 Å². The molecule has 0 fully saturated rings. The quantitative estimate of drug-likeness (QED) is 0.487. The Bertz CT molecular complexity index is 1510. The van der Waals surface area contributed by atoms with Crippen LogP contribution in [0.1, 0.15) is 41.4 Å². The fraction of sp³-hybridized carbons (Fsp3) is 0.0769. The van der Waals surface area contributed by atoms with Crippen LogP contribution in [0.3, 0.4) is 0 Å². The Morgan fingerprint density at radius 2 is 0.769 bits per heavy atom. The highest BCUT2D eigenvalue weighted by molar-refractivity contribution is 6.23. The average Bonchev–Trinajstić information content (AvgIpc) is 3.56. The van der Waals surface area contributed by atoms with Crippen molar-refractivity contribution in [2.45, 2.75) is 0 Å². The Kier molecular flexibility index (Phi) is 5.10. The highest BCUT2D eigenvalue weighted by Crippen LogP contribution is 2.33.